The van der Waals surface area contributed by atoms with Crippen LogP contribution in [0.1, 0.15) is 31.4 Å². The van der Waals surface area contributed by atoms with Crippen molar-refractivity contribution in [3.8, 4) is 0 Å². The largest absolute Gasteiger partial charge is 0.315 e. The van der Waals surface area contributed by atoms with Gasteiger partial charge in [-0.2, -0.15) is 0 Å². The van der Waals surface area contributed by atoms with Crippen LogP contribution in [-0.4, -0.2) is 31.6 Å². The monoisotopic (exact) mass is 266 g/mol. The Morgan fingerprint density at radius 2 is 2.22 bits per heavy atom. The normalized spacial score (nSPS) is 17.1. The van der Waals surface area contributed by atoms with Crippen molar-refractivity contribution in [2.24, 2.45) is 5.92 Å². The highest BCUT2D eigenvalue weighted by Gasteiger charge is 2.20. The van der Waals surface area contributed by atoms with Gasteiger partial charge in [-0.05, 0) is 57.0 Å². The summed E-state index contributed by atoms with van der Waals surface area (Å²) >= 11 is 6.03. The van der Waals surface area contributed by atoms with Gasteiger partial charge in [0.2, 0.25) is 0 Å². The Hall–Kier alpha value is -0.570. The smallest absolute Gasteiger partial charge is 0.0409 e. The van der Waals surface area contributed by atoms with Crippen LogP contribution >= 0.6 is 11.6 Å². The lowest BCUT2D eigenvalue weighted by Gasteiger charge is -2.25. The van der Waals surface area contributed by atoms with E-state index in [1.54, 1.807) is 0 Å². The molecule has 18 heavy (non-hydrogen) atoms. The predicted octanol–water partition coefficient (Wildman–Crippen LogP) is 3.33. The molecule has 1 atom stereocenters. The summed E-state index contributed by atoms with van der Waals surface area (Å²) in [7, 11) is 2.17. The summed E-state index contributed by atoms with van der Waals surface area (Å²) in [6.07, 6.45) is 2.84. The van der Waals surface area contributed by atoms with Crippen molar-refractivity contribution >= 4 is 11.6 Å². The molecule has 3 heteroatoms. The Labute approximate surface area is 115 Å². The molecule has 0 radical (unpaired) electrons. The molecular formula is C15H23ClN2. The maximum Gasteiger partial charge on any atom is 0.0409 e. The van der Waals surface area contributed by atoms with Crippen molar-refractivity contribution in [3.63, 3.8) is 0 Å². The minimum Gasteiger partial charge on any atom is -0.315 e. The van der Waals surface area contributed by atoms with E-state index < -0.39 is 0 Å². The fourth-order valence-electron chi connectivity index (χ4n) is 2.10. The fourth-order valence-corrected chi connectivity index (χ4v) is 2.30. The van der Waals surface area contributed by atoms with Gasteiger partial charge in [0.05, 0.1) is 0 Å². The Kier molecular flexibility index (Phi) is 5.04. The number of hydrogen-bond acceptors (Lipinski definition) is 2. The minimum absolute atomic E-state index is 0.409. The summed E-state index contributed by atoms with van der Waals surface area (Å²) < 4.78 is 0. The first-order chi connectivity index (χ1) is 8.66. The Morgan fingerprint density at radius 1 is 1.44 bits per heavy atom. The minimum atomic E-state index is 0.409. The van der Waals surface area contributed by atoms with Crippen LogP contribution in [-0.2, 0) is 0 Å². The van der Waals surface area contributed by atoms with E-state index in [0.29, 0.717) is 6.04 Å². The number of hydrogen-bond donors (Lipinski definition) is 1. The highest BCUT2D eigenvalue weighted by Crippen LogP contribution is 2.27. The van der Waals surface area contributed by atoms with Gasteiger partial charge >= 0.3 is 0 Å². The molecule has 100 valence electrons. The van der Waals surface area contributed by atoms with Gasteiger partial charge in [-0.1, -0.05) is 23.7 Å². The third-order valence-electron chi connectivity index (χ3n) is 3.76. The molecule has 0 bridgehead atoms. The molecular weight excluding hydrogens is 244 g/mol. The zero-order valence-electron chi connectivity index (χ0n) is 11.3. The molecule has 0 saturated heterocycles. The second-order valence-electron chi connectivity index (χ2n) is 5.36. The number of nitrogens with one attached hydrogen (secondary N) is 1. The summed E-state index contributed by atoms with van der Waals surface area (Å²) in [5.74, 6) is 0.959. The molecule has 1 N–H and O–H groups in total. The average molecular weight is 267 g/mol. The molecule has 1 aromatic rings. The summed E-state index contributed by atoms with van der Waals surface area (Å²) in [5, 5.41) is 4.35. The molecule has 1 saturated carbocycles. The van der Waals surface area contributed by atoms with Gasteiger partial charge in [-0.15, -0.1) is 0 Å². The predicted molar refractivity (Wildman–Crippen MR) is 78.1 cm³/mol. The topological polar surface area (TPSA) is 15.3 Å². The standard InChI is InChI=1S/C15H23ClN2/c1-12(14-4-3-5-15(16)10-14)18(2)9-8-17-11-13-6-7-13/h3-5,10,12-13,17H,6-9,11H2,1-2H3. The molecule has 1 fully saturated rings. The zero-order chi connectivity index (χ0) is 13.0. The van der Waals surface area contributed by atoms with Gasteiger partial charge in [0.15, 0.2) is 0 Å². The average Bonchev–Trinajstić information content (AvgIpc) is 3.17. The van der Waals surface area contributed by atoms with E-state index in [2.05, 4.69) is 36.3 Å². The van der Waals surface area contributed by atoms with Gasteiger partial charge in [0.25, 0.3) is 0 Å². The van der Waals surface area contributed by atoms with Crippen molar-refractivity contribution in [2.45, 2.75) is 25.8 Å². The van der Waals surface area contributed by atoms with E-state index in [1.165, 1.54) is 24.9 Å². The Bertz CT molecular complexity index is 377. The van der Waals surface area contributed by atoms with Crippen molar-refractivity contribution in [1.82, 2.24) is 10.2 Å². The summed E-state index contributed by atoms with van der Waals surface area (Å²) in [6.45, 7) is 5.56. The first-order valence-electron chi connectivity index (χ1n) is 6.83. The zero-order valence-corrected chi connectivity index (χ0v) is 12.1. The summed E-state index contributed by atoms with van der Waals surface area (Å²) in [6, 6.07) is 8.55. The van der Waals surface area contributed by atoms with E-state index in [9.17, 15) is 0 Å². The Balaban J connectivity index is 1.74. The van der Waals surface area contributed by atoms with Gasteiger partial charge in [-0.3, -0.25) is 4.90 Å². The van der Waals surface area contributed by atoms with Crippen LogP contribution in [0.3, 0.4) is 0 Å². The molecule has 1 aliphatic carbocycles. The first kappa shape index (κ1) is 13.9. The number of likely N-dealkylation sites (N-methyl/N-ethyl adjacent to an activating group) is 1. The summed E-state index contributed by atoms with van der Waals surface area (Å²) in [5.41, 5.74) is 1.28. The van der Waals surface area contributed by atoms with Crippen LogP contribution in [0.15, 0.2) is 24.3 Å². The Morgan fingerprint density at radius 3 is 2.89 bits per heavy atom. The van der Waals surface area contributed by atoms with Gasteiger partial charge in [0.1, 0.15) is 0 Å². The molecule has 0 spiro atoms. The van der Waals surface area contributed by atoms with Gasteiger partial charge in [0, 0.05) is 24.2 Å². The van der Waals surface area contributed by atoms with Crippen LogP contribution in [0.5, 0.6) is 0 Å². The second kappa shape index (κ2) is 6.55. The molecule has 2 rings (SSSR count). The van der Waals surface area contributed by atoms with Gasteiger partial charge in [-0.25, -0.2) is 0 Å². The van der Waals surface area contributed by atoms with E-state index in [1.807, 2.05) is 12.1 Å². The molecule has 1 unspecified atom stereocenters. The lowest BCUT2D eigenvalue weighted by atomic mass is 10.1. The van der Waals surface area contributed by atoms with Crippen LogP contribution in [0.25, 0.3) is 0 Å². The molecule has 0 aromatic heterocycles. The third-order valence-corrected chi connectivity index (χ3v) is 4.00. The SMILES string of the molecule is CC(c1cccc(Cl)c1)N(C)CCNCC1CC1. The fraction of sp³-hybridized carbons (Fsp3) is 0.600. The summed E-state index contributed by atoms with van der Waals surface area (Å²) in [4.78, 5) is 2.37. The number of nitrogens with zero attached hydrogens (tertiary/aromatic N) is 1. The second-order valence-corrected chi connectivity index (χ2v) is 5.80. The lowest BCUT2D eigenvalue weighted by molar-refractivity contribution is 0.261. The number of rotatable bonds is 7. The van der Waals surface area contributed by atoms with Crippen molar-refractivity contribution in [1.29, 1.82) is 0 Å². The highest BCUT2D eigenvalue weighted by molar-refractivity contribution is 6.30. The molecule has 1 aliphatic rings. The van der Waals surface area contributed by atoms with E-state index >= 15 is 0 Å². The van der Waals surface area contributed by atoms with Crippen LogP contribution in [0.4, 0.5) is 0 Å². The number of halogens is 1. The number of benzene rings is 1. The van der Waals surface area contributed by atoms with E-state index in [-0.39, 0.29) is 0 Å². The van der Waals surface area contributed by atoms with E-state index in [0.717, 1.165) is 24.0 Å². The van der Waals surface area contributed by atoms with Crippen LogP contribution < -0.4 is 5.32 Å². The molecule has 0 amide bonds. The van der Waals surface area contributed by atoms with Crippen molar-refractivity contribution in [3.05, 3.63) is 34.9 Å². The quantitative estimate of drug-likeness (QED) is 0.762. The maximum absolute atomic E-state index is 6.03. The van der Waals surface area contributed by atoms with E-state index in [4.69, 9.17) is 11.6 Å². The third kappa shape index (κ3) is 4.27. The van der Waals surface area contributed by atoms with Crippen molar-refractivity contribution in [2.75, 3.05) is 26.7 Å². The first-order valence-corrected chi connectivity index (χ1v) is 7.21. The molecule has 0 heterocycles. The van der Waals surface area contributed by atoms with Crippen molar-refractivity contribution < 1.29 is 0 Å². The highest BCUT2D eigenvalue weighted by atomic mass is 35.5. The molecule has 0 aliphatic heterocycles. The van der Waals surface area contributed by atoms with Crippen LogP contribution in [0.2, 0.25) is 5.02 Å². The van der Waals surface area contributed by atoms with Gasteiger partial charge < -0.3 is 5.32 Å². The molecule has 2 nitrogen and oxygen atoms in total. The van der Waals surface area contributed by atoms with Crippen LogP contribution in [0, 0.1) is 5.92 Å². The molecule has 1 aromatic carbocycles. The maximum atomic E-state index is 6.03. The lowest BCUT2D eigenvalue weighted by Crippen LogP contribution is -2.32.